The van der Waals surface area contributed by atoms with Crippen LogP contribution in [0, 0.1) is 12.8 Å². The number of carbonyl (C=O) groups excluding carboxylic acids is 2. The van der Waals surface area contributed by atoms with E-state index in [0.29, 0.717) is 12.0 Å². The van der Waals surface area contributed by atoms with Crippen LogP contribution in [0.3, 0.4) is 0 Å². The molecule has 3 nitrogen and oxygen atoms in total. The molecular formula is C14H14O3. The molecule has 3 heteroatoms. The molecule has 0 saturated carbocycles. The second kappa shape index (κ2) is 4.53. The number of hydrogen-bond acceptors (Lipinski definition) is 3. The number of ether oxygens (including phenoxy) is 1. The SMILES string of the molecule is C=CCOC(=O)C1Cc2cccc(C)c2C1=O. The quantitative estimate of drug-likeness (QED) is 0.453. The number of fused-ring (bicyclic) bond motifs is 1. The molecule has 0 radical (unpaired) electrons. The molecular weight excluding hydrogens is 216 g/mol. The normalized spacial score (nSPS) is 17.7. The number of Topliss-reactive ketones (excluding diaryl/α,β-unsaturated/α-hetero) is 1. The van der Waals surface area contributed by atoms with E-state index in [-0.39, 0.29) is 12.4 Å². The van der Waals surface area contributed by atoms with E-state index in [0.717, 1.165) is 11.1 Å². The minimum atomic E-state index is -0.675. The largest absolute Gasteiger partial charge is 0.461 e. The van der Waals surface area contributed by atoms with Gasteiger partial charge in [-0.1, -0.05) is 30.9 Å². The molecule has 0 N–H and O–H groups in total. The fraction of sp³-hybridized carbons (Fsp3) is 0.286. The smallest absolute Gasteiger partial charge is 0.317 e. The highest BCUT2D eigenvalue weighted by Gasteiger charge is 2.37. The third-order valence-electron chi connectivity index (χ3n) is 2.97. The van der Waals surface area contributed by atoms with Gasteiger partial charge in [0, 0.05) is 5.56 Å². The first-order chi connectivity index (χ1) is 8.15. The molecule has 0 heterocycles. The molecule has 1 aliphatic carbocycles. The third-order valence-corrected chi connectivity index (χ3v) is 2.97. The summed E-state index contributed by atoms with van der Waals surface area (Å²) in [5, 5.41) is 0. The number of benzene rings is 1. The fourth-order valence-corrected chi connectivity index (χ4v) is 2.17. The molecule has 1 unspecified atom stereocenters. The minimum Gasteiger partial charge on any atom is -0.461 e. The number of esters is 1. The van der Waals surface area contributed by atoms with Gasteiger partial charge in [-0.25, -0.2) is 0 Å². The van der Waals surface area contributed by atoms with Crippen LogP contribution in [0.25, 0.3) is 0 Å². The molecule has 1 aliphatic rings. The molecule has 1 atom stereocenters. The van der Waals surface area contributed by atoms with E-state index in [4.69, 9.17) is 4.74 Å². The summed E-state index contributed by atoms with van der Waals surface area (Å²) in [7, 11) is 0. The first-order valence-corrected chi connectivity index (χ1v) is 5.55. The van der Waals surface area contributed by atoms with Gasteiger partial charge >= 0.3 is 5.97 Å². The summed E-state index contributed by atoms with van der Waals surface area (Å²) in [6, 6.07) is 5.67. The van der Waals surface area contributed by atoms with Gasteiger partial charge in [-0.3, -0.25) is 9.59 Å². The van der Waals surface area contributed by atoms with E-state index < -0.39 is 11.9 Å². The Labute approximate surface area is 100 Å². The minimum absolute atomic E-state index is 0.118. The Bertz CT molecular complexity index is 488. The van der Waals surface area contributed by atoms with Crippen LogP contribution < -0.4 is 0 Å². The van der Waals surface area contributed by atoms with Gasteiger partial charge in [0.25, 0.3) is 0 Å². The Morgan fingerprint density at radius 2 is 2.35 bits per heavy atom. The van der Waals surface area contributed by atoms with E-state index in [1.54, 1.807) is 0 Å². The summed E-state index contributed by atoms with van der Waals surface area (Å²) in [5.41, 5.74) is 2.55. The maximum absolute atomic E-state index is 12.1. The highest BCUT2D eigenvalue weighted by molar-refractivity contribution is 6.13. The van der Waals surface area contributed by atoms with E-state index in [1.165, 1.54) is 6.08 Å². The summed E-state index contributed by atoms with van der Waals surface area (Å²) in [6.45, 7) is 5.50. The molecule has 0 amide bonds. The molecule has 0 spiro atoms. The van der Waals surface area contributed by atoms with Crippen molar-refractivity contribution in [2.24, 2.45) is 5.92 Å². The Morgan fingerprint density at radius 3 is 3.00 bits per heavy atom. The van der Waals surface area contributed by atoms with Crippen LogP contribution in [0.2, 0.25) is 0 Å². The fourth-order valence-electron chi connectivity index (χ4n) is 2.17. The lowest BCUT2D eigenvalue weighted by molar-refractivity contribution is -0.145. The van der Waals surface area contributed by atoms with Gasteiger partial charge in [0.15, 0.2) is 5.78 Å². The molecule has 88 valence electrons. The van der Waals surface area contributed by atoms with Gasteiger partial charge in [-0.05, 0) is 24.5 Å². The Morgan fingerprint density at radius 1 is 1.59 bits per heavy atom. The van der Waals surface area contributed by atoms with Crippen molar-refractivity contribution in [3.63, 3.8) is 0 Å². The molecule has 0 aromatic heterocycles. The van der Waals surface area contributed by atoms with Gasteiger partial charge < -0.3 is 4.74 Å². The van der Waals surface area contributed by atoms with Crippen LogP contribution >= 0.6 is 0 Å². The van der Waals surface area contributed by atoms with Gasteiger partial charge in [-0.2, -0.15) is 0 Å². The zero-order valence-electron chi connectivity index (χ0n) is 9.73. The lowest BCUT2D eigenvalue weighted by Crippen LogP contribution is -2.23. The molecule has 0 fully saturated rings. The zero-order chi connectivity index (χ0) is 12.4. The topological polar surface area (TPSA) is 43.4 Å². The van der Waals surface area contributed by atoms with Crippen LogP contribution in [0.4, 0.5) is 0 Å². The zero-order valence-corrected chi connectivity index (χ0v) is 9.73. The van der Waals surface area contributed by atoms with Crippen molar-refractivity contribution in [2.75, 3.05) is 6.61 Å². The maximum Gasteiger partial charge on any atom is 0.317 e. The van der Waals surface area contributed by atoms with E-state index >= 15 is 0 Å². The van der Waals surface area contributed by atoms with Crippen molar-refractivity contribution in [3.05, 3.63) is 47.5 Å². The van der Waals surface area contributed by atoms with E-state index in [1.807, 2.05) is 25.1 Å². The Balaban J connectivity index is 2.23. The van der Waals surface area contributed by atoms with Crippen LogP contribution in [0.1, 0.15) is 21.5 Å². The van der Waals surface area contributed by atoms with Gasteiger partial charge in [-0.15, -0.1) is 0 Å². The van der Waals surface area contributed by atoms with Crippen molar-refractivity contribution < 1.29 is 14.3 Å². The summed E-state index contributed by atoms with van der Waals surface area (Å²) >= 11 is 0. The van der Waals surface area contributed by atoms with E-state index in [9.17, 15) is 9.59 Å². The van der Waals surface area contributed by atoms with Gasteiger partial charge in [0.2, 0.25) is 0 Å². The Hall–Kier alpha value is -1.90. The van der Waals surface area contributed by atoms with Crippen molar-refractivity contribution in [3.8, 4) is 0 Å². The van der Waals surface area contributed by atoms with Crippen LogP contribution in [-0.2, 0) is 16.0 Å². The predicted octanol–water partition coefficient (Wildman–Crippen LogP) is 2.08. The van der Waals surface area contributed by atoms with Crippen molar-refractivity contribution in [1.82, 2.24) is 0 Å². The first-order valence-electron chi connectivity index (χ1n) is 5.55. The lowest BCUT2D eigenvalue weighted by Gasteiger charge is -2.06. The second-order valence-electron chi connectivity index (χ2n) is 4.15. The number of ketones is 1. The Kier molecular flexibility index (Phi) is 3.09. The second-order valence-corrected chi connectivity index (χ2v) is 4.15. The van der Waals surface area contributed by atoms with Gasteiger partial charge in [0.1, 0.15) is 12.5 Å². The first kappa shape index (κ1) is 11.6. The number of hydrogen-bond donors (Lipinski definition) is 0. The van der Waals surface area contributed by atoms with Crippen LogP contribution in [0.5, 0.6) is 0 Å². The van der Waals surface area contributed by atoms with Crippen molar-refractivity contribution >= 4 is 11.8 Å². The van der Waals surface area contributed by atoms with Gasteiger partial charge in [0.05, 0.1) is 0 Å². The molecule has 0 saturated heterocycles. The molecule has 0 bridgehead atoms. The van der Waals surface area contributed by atoms with Crippen LogP contribution in [-0.4, -0.2) is 18.4 Å². The number of rotatable bonds is 3. The maximum atomic E-state index is 12.1. The molecule has 0 aliphatic heterocycles. The number of carbonyl (C=O) groups is 2. The highest BCUT2D eigenvalue weighted by Crippen LogP contribution is 2.29. The molecule has 1 aromatic carbocycles. The van der Waals surface area contributed by atoms with Crippen molar-refractivity contribution in [1.29, 1.82) is 0 Å². The third kappa shape index (κ3) is 2.00. The van der Waals surface area contributed by atoms with Crippen LogP contribution in [0.15, 0.2) is 30.9 Å². The summed E-state index contributed by atoms with van der Waals surface area (Å²) < 4.78 is 4.94. The van der Waals surface area contributed by atoms with E-state index in [2.05, 4.69) is 6.58 Å². The standard InChI is InChI=1S/C14H14O3/c1-3-7-17-14(16)11-8-10-6-4-5-9(2)12(10)13(11)15/h3-6,11H,1,7-8H2,2H3. The summed E-state index contributed by atoms with van der Waals surface area (Å²) in [6.07, 6.45) is 1.95. The molecule has 2 rings (SSSR count). The average Bonchev–Trinajstić information content (AvgIpc) is 2.65. The molecule has 1 aromatic rings. The lowest BCUT2D eigenvalue weighted by atomic mass is 10.0. The summed E-state index contributed by atoms with van der Waals surface area (Å²) in [5.74, 6) is -1.25. The van der Waals surface area contributed by atoms with Crippen molar-refractivity contribution in [2.45, 2.75) is 13.3 Å². The molecule has 17 heavy (non-hydrogen) atoms. The predicted molar refractivity (Wildman–Crippen MR) is 63.9 cm³/mol. The number of aryl methyl sites for hydroxylation is 1. The summed E-state index contributed by atoms with van der Waals surface area (Å²) in [4.78, 5) is 23.8. The highest BCUT2D eigenvalue weighted by atomic mass is 16.5. The monoisotopic (exact) mass is 230 g/mol. The average molecular weight is 230 g/mol.